The summed E-state index contributed by atoms with van der Waals surface area (Å²) in [6.45, 7) is 0.414. The van der Waals surface area contributed by atoms with E-state index in [4.69, 9.17) is 9.47 Å². The minimum absolute atomic E-state index is 0.0972. The van der Waals surface area contributed by atoms with Gasteiger partial charge in [-0.15, -0.1) is 0 Å². The zero-order chi connectivity index (χ0) is 15.5. The Bertz CT molecular complexity index is 478. The molecule has 116 valence electrons. The summed E-state index contributed by atoms with van der Waals surface area (Å²) < 4.78 is 48.3. The molecule has 1 heterocycles. The standard InChI is InChI=1S/C14H14F3IO3/c15-14(16,17)10-6-12(19)21-13(10)11(18)8-20-7-9-4-2-1-3-5-9/h1-5,10-11,13H,6-8H2. The SMILES string of the molecule is O=C1CC(C(F)(F)F)C(C(I)COCc2ccccc2)O1. The number of hydrogen-bond acceptors (Lipinski definition) is 3. The first kappa shape index (κ1) is 16.5. The molecular weight excluding hydrogens is 400 g/mol. The molecule has 1 aliphatic heterocycles. The van der Waals surface area contributed by atoms with E-state index < -0.39 is 34.5 Å². The molecule has 0 aliphatic carbocycles. The van der Waals surface area contributed by atoms with Gasteiger partial charge in [-0.1, -0.05) is 52.9 Å². The van der Waals surface area contributed by atoms with Gasteiger partial charge >= 0.3 is 12.1 Å². The van der Waals surface area contributed by atoms with Crippen LogP contribution in [-0.4, -0.2) is 28.8 Å². The molecule has 0 amide bonds. The first-order valence-corrected chi connectivity index (χ1v) is 7.64. The van der Waals surface area contributed by atoms with Crippen molar-refractivity contribution in [2.45, 2.75) is 29.2 Å². The Labute approximate surface area is 133 Å². The Morgan fingerprint density at radius 3 is 2.62 bits per heavy atom. The minimum atomic E-state index is -4.43. The van der Waals surface area contributed by atoms with Gasteiger partial charge in [-0.25, -0.2) is 0 Å². The fourth-order valence-electron chi connectivity index (χ4n) is 2.16. The lowest BCUT2D eigenvalue weighted by atomic mass is 9.98. The van der Waals surface area contributed by atoms with Gasteiger partial charge in [0, 0.05) is 0 Å². The fourth-order valence-corrected chi connectivity index (χ4v) is 3.07. The first-order valence-electron chi connectivity index (χ1n) is 6.40. The van der Waals surface area contributed by atoms with Crippen LogP contribution < -0.4 is 0 Å². The third-order valence-corrected chi connectivity index (χ3v) is 4.28. The van der Waals surface area contributed by atoms with Gasteiger partial charge in [0.05, 0.1) is 23.6 Å². The van der Waals surface area contributed by atoms with Crippen LogP contribution in [0, 0.1) is 5.92 Å². The van der Waals surface area contributed by atoms with E-state index in [1.165, 1.54) is 0 Å². The van der Waals surface area contributed by atoms with Gasteiger partial charge in [0.2, 0.25) is 0 Å². The lowest BCUT2D eigenvalue weighted by Crippen LogP contribution is -2.38. The molecule has 21 heavy (non-hydrogen) atoms. The largest absolute Gasteiger partial charge is 0.460 e. The molecular formula is C14H14F3IO3. The van der Waals surface area contributed by atoms with E-state index in [0.717, 1.165) is 5.56 Å². The second-order valence-electron chi connectivity index (χ2n) is 4.82. The second-order valence-corrected chi connectivity index (χ2v) is 6.42. The van der Waals surface area contributed by atoms with Crippen LogP contribution in [0.2, 0.25) is 0 Å². The molecule has 0 radical (unpaired) electrons. The number of hydrogen-bond donors (Lipinski definition) is 0. The average Bonchev–Trinajstić information content (AvgIpc) is 2.82. The van der Waals surface area contributed by atoms with Crippen molar-refractivity contribution in [3.05, 3.63) is 35.9 Å². The molecule has 0 saturated carbocycles. The van der Waals surface area contributed by atoms with Crippen molar-refractivity contribution >= 4 is 28.6 Å². The fraction of sp³-hybridized carbons (Fsp3) is 0.500. The summed E-state index contributed by atoms with van der Waals surface area (Å²) in [5, 5.41) is 0. The van der Waals surface area contributed by atoms with Crippen molar-refractivity contribution in [2.24, 2.45) is 5.92 Å². The molecule has 1 aliphatic rings. The van der Waals surface area contributed by atoms with E-state index in [0.29, 0.717) is 6.61 Å². The summed E-state index contributed by atoms with van der Waals surface area (Å²) in [6.07, 6.45) is -6.21. The van der Waals surface area contributed by atoms with Crippen LogP contribution in [0.3, 0.4) is 0 Å². The molecule has 3 nitrogen and oxygen atoms in total. The van der Waals surface area contributed by atoms with Crippen LogP contribution in [-0.2, 0) is 20.9 Å². The Morgan fingerprint density at radius 1 is 1.33 bits per heavy atom. The zero-order valence-electron chi connectivity index (χ0n) is 11.0. The highest BCUT2D eigenvalue weighted by Crippen LogP contribution is 2.40. The number of carbonyl (C=O) groups is 1. The maximum absolute atomic E-state index is 12.9. The molecule has 1 fully saturated rings. The molecule has 1 saturated heterocycles. The number of rotatable bonds is 5. The molecule has 0 N–H and O–H groups in total. The normalized spacial score (nSPS) is 23.9. The summed E-state index contributed by atoms with van der Waals surface area (Å²) >= 11 is 1.85. The van der Waals surface area contributed by atoms with Gasteiger partial charge in [-0.2, -0.15) is 13.2 Å². The minimum Gasteiger partial charge on any atom is -0.460 e. The second kappa shape index (κ2) is 6.95. The highest BCUT2D eigenvalue weighted by atomic mass is 127. The van der Waals surface area contributed by atoms with Crippen LogP contribution in [0.5, 0.6) is 0 Å². The Morgan fingerprint density at radius 2 is 2.00 bits per heavy atom. The molecule has 0 aromatic heterocycles. The summed E-state index contributed by atoms with van der Waals surface area (Å²) in [5.74, 6) is -2.54. The summed E-state index contributed by atoms with van der Waals surface area (Å²) in [5.41, 5.74) is 0.942. The summed E-state index contributed by atoms with van der Waals surface area (Å²) in [6, 6.07) is 9.33. The molecule has 7 heteroatoms. The topological polar surface area (TPSA) is 35.5 Å². The van der Waals surface area contributed by atoms with E-state index in [2.05, 4.69) is 0 Å². The molecule has 3 unspecified atom stereocenters. The van der Waals surface area contributed by atoms with Gasteiger partial charge in [-0.3, -0.25) is 4.79 Å². The van der Waals surface area contributed by atoms with E-state index in [-0.39, 0.29) is 6.61 Å². The van der Waals surface area contributed by atoms with E-state index in [1.807, 2.05) is 52.9 Å². The highest BCUT2D eigenvalue weighted by molar-refractivity contribution is 14.1. The first-order chi connectivity index (χ1) is 9.88. The number of esters is 1. The van der Waals surface area contributed by atoms with Crippen molar-refractivity contribution in [3.8, 4) is 0 Å². The molecule has 0 spiro atoms. The third kappa shape index (κ3) is 4.57. The van der Waals surface area contributed by atoms with Crippen LogP contribution in [0.1, 0.15) is 12.0 Å². The van der Waals surface area contributed by atoms with Crippen LogP contribution in [0.15, 0.2) is 30.3 Å². The van der Waals surface area contributed by atoms with E-state index >= 15 is 0 Å². The zero-order valence-corrected chi connectivity index (χ0v) is 13.1. The molecule has 1 aromatic rings. The third-order valence-electron chi connectivity index (χ3n) is 3.22. The van der Waals surface area contributed by atoms with E-state index in [9.17, 15) is 18.0 Å². The highest BCUT2D eigenvalue weighted by Gasteiger charge is 2.53. The predicted molar refractivity (Wildman–Crippen MR) is 77.9 cm³/mol. The molecule has 1 aromatic carbocycles. The number of carbonyl (C=O) groups excluding carboxylic acids is 1. The lowest BCUT2D eigenvalue weighted by molar-refractivity contribution is -0.186. The van der Waals surface area contributed by atoms with E-state index in [1.54, 1.807) is 0 Å². The summed E-state index contributed by atoms with van der Waals surface area (Å²) in [4.78, 5) is 11.1. The van der Waals surface area contributed by atoms with Gasteiger partial charge in [0.15, 0.2) is 0 Å². The van der Waals surface area contributed by atoms with Gasteiger partial charge in [0.1, 0.15) is 12.0 Å². The van der Waals surface area contributed by atoms with Crippen molar-refractivity contribution in [2.75, 3.05) is 6.61 Å². The predicted octanol–water partition coefficient (Wildman–Crippen LogP) is 3.50. The van der Waals surface area contributed by atoms with Gasteiger partial charge in [-0.05, 0) is 5.56 Å². The van der Waals surface area contributed by atoms with Crippen LogP contribution >= 0.6 is 22.6 Å². The van der Waals surface area contributed by atoms with Gasteiger partial charge < -0.3 is 9.47 Å². The quantitative estimate of drug-likeness (QED) is 0.421. The number of alkyl halides is 4. The number of halogens is 4. The summed E-state index contributed by atoms with van der Waals surface area (Å²) in [7, 11) is 0. The Hall–Kier alpha value is -0.830. The maximum Gasteiger partial charge on any atom is 0.395 e. The lowest BCUT2D eigenvalue weighted by Gasteiger charge is -2.24. The Balaban J connectivity index is 1.87. The van der Waals surface area contributed by atoms with Gasteiger partial charge in [0.25, 0.3) is 0 Å². The van der Waals surface area contributed by atoms with Crippen LogP contribution in [0.25, 0.3) is 0 Å². The Kier molecular flexibility index (Phi) is 5.48. The van der Waals surface area contributed by atoms with Crippen molar-refractivity contribution in [3.63, 3.8) is 0 Å². The van der Waals surface area contributed by atoms with Crippen molar-refractivity contribution in [1.82, 2.24) is 0 Å². The smallest absolute Gasteiger partial charge is 0.395 e. The average molecular weight is 414 g/mol. The monoisotopic (exact) mass is 414 g/mol. The number of benzene rings is 1. The van der Waals surface area contributed by atoms with Crippen molar-refractivity contribution in [1.29, 1.82) is 0 Å². The number of cyclic esters (lactones) is 1. The number of ether oxygens (including phenoxy) is 2. The molecule has 3 atom stereocenters. The van der Waals surface area contributed by atoms with Crippen molar-refractivity contribution < 1.29 is 27.4 Å². The molecule has 0 bridgehead atoms. The van der Waals surface area contributed by atoms with Crippen LogP contribution in [0.4, 0.5) is 13.2 Å². The maximum atomic E-state index is 12.9. The molecule has 2 rings (SSSR count).